The smallest absolute Gasteiger partial charge is 0.314 e. The summed E-state index contributed by atoms with van der Waals surface area (Å²) in [5.74, 6) is -0.627. The van der Waals surface area contributed by atoms with Crippen LogP contribution in [0.4, 0.5) is 9.18 Å². The highest BCUT2D eigenvalue weighted by atomic mass is 19.1. The molecule has 0 aliphatic carbocycles. The van der Waals surface area contributed by atoms with Crippen LogP contribution in [-0.4, -0.2) is 62.8 Å². The number of morpholine rings is 1. The minimum absolute atomic E-state index is 0.00934. The number of fused-ring (bicyclic) bond motifs is 1. The van der Waals surface area contributed by atoms with Crippen molar-refractivity contribution in [2.24, 2.45) is 0 Å². The number of halogens is 1. The van der Waals surface area contributed by atoms with E-state index in [2.05, 4.69) is 10.6 Å². The van der Waals surface area contributed by atoms with Crippen LogP contribution in [0.3, 0.4) is 0 Å². The SMILES string of the molecule is CNC(=O)NCC1CN(C(=O)c2c(F)ccc3c2OCC3)CCO1. The molecule has 2 N–H and O–H groups in total. The molecule has 130 valence electrons. The van der Waals surface area contributed by atoms with E-state index in [4.69, 9.17) is 9.47 Å². The highest BCUT2D eigenvalue weighted by molar-refractivity contribution is 5.98. The standard InChI is InChI=1S/C16H20FN3O4/c1-18-16(22)19-8-11-9-20(5-7-23-11)15(21)13-12(17)3-2-10-4-6-24-14(10)13/h2-3,11H,4-9H2,1H3,(H2,18,19,22). The summed E-state index contributed by atoms with van der Waals surface area (Å²) in [6.07, 6.45) is 0.346. The molecule has 1 aromatic rings. The van der Waals surface area contributed by atoms with Crippen molar-refractivity contribution in [1.29, 1.82) is 0 Å². The topological polar surface area (TPSA) is 79.9 Å². The molecule has 0 spiro atoms. The minimum Gasteiger partial charge on any atom is -0.492 e. The first-order valence-corrected chi connectivity index (χ1v) is 7.90. The number of ether oxygens (including phenoxy) is 2. The zero-order valence-electron chi connectivity index (χ0n) is 13.4. The van der Waals surface area contributed by atoms with Crippen molar-refractivity contribution in [2.75, 3.05) is 39.9 Å². The van der Waals surface area contributed by atoms with E-state index >= 15 is 0 Å². The number of hydrogen-bond acceptors (Lipinski definition) is 4. The van der Waals surface area contributed by atoms with Crippen LogP contribution in [0, 0.1) is 5.82 Å². The largest absolute Gasteiger partial charge is 0.492 e. The second kappa shape index (κ2) is 7.04. The molecule has 1 saturated heterocycles. The van der Waals surface area contributed by atoms with Gasteiger partial charge in [0.25, 0.3) is 5.91 Å². The highest BCUT2D eigenvalue weighted by Gasteiger charge is 2.31. The molecule has 1 atom stereocenters. The number of carbonyl (C=O) groups excluding carboxylic acids is 2. The molecule has 0 saturated carbocycles. The first-order chi connectivity index (χ1) is 11.6. The van der Waals surface area contributed by atoms with Crippen LogP contribution in [0.25, 0.3) is 0 Å². The zero-order chi connectivity index (χ0) is 17.1. The fourth-order valence-electron chi connectivity index (χ4n) is 2.91. The number of nitrogens with one attached hydrogen (secondary N) is 2. The molecule has 0 bridgehead atoms. The Kier molecular flexibility index (Phi) is 4.84. The van der Waals surface area contributed by atoms with Crippen molar-refractivity contribution in [3.63, 3.8) is 0 Å². The van der Waals surface area contributed by atoms with Gasteiger partial charge in [0.15, 0.2) is 0 Å². The van der Waals surface area contributed by atoms with Gasteiger partial charge in [-0.1, -0.05) is 6.07 Å². The summed E-state index contributed by atoms with van der Waals surface area (Å²) >= 11 is 0. The Morgan fingerprint density at radius 2 is 2.21 bits per heavy atom. The van der Waals surface area contributed by atoms with Crippen molar-refractivity contribution >= 4 is 11.9 Å². The fraction of sp³-hybridized carbons (Fsp3) is 0.500. The number of rotatable bonds is 3. The number of nitrogens with zero attached hydrogens (tertiary/aromatic N) is 1. The molecule has 2 heterocycles. The summed E-state index contributed by atoms with van der Waals surface area (Å²) in [6.45, 7) is 1.73. The van der Waals surface area contributed by atoms with Gasteiger partial charge in [0.2, 0.25) is 0 Å². The van der Waals surface area contributed by atoms with Crippen LogP contribution in [0.1, 0.15) is 15.9 Å². The van der Waals surface area contributed by atoms with Crippen LogP contribution >= 0.6 is 0 Å². The molecule has 1 fully saturated rings. The van der Waals surface area contributed by atoms with Gasteiger partial charge in [-0.2, -0.15) is 0 Å². The van der Waals surface area contributed by atoms with Gasteiger partial charge in [-0.05, 0) is 11.6 Å². The monoisotopic (exact) mass is 337 g/mol. The Balaban J connectivity index is 1.71. The molecule has 3 amide bonds. The van der Waals surface area contributed by atoms with E-state index in [1.165, 1.54) is 13.1 Å². The molecule has 3 rings (SSSR count). The molecule has 1 aromatic carbocycles. The van der Waals surface area contributed by atoms with Crippen LogP contribution in [-0.2, 0) is 11.2 Å². The van der Waals surface area contributed by atoms with Crippen molar-refractivity contribution in [3.05, 3.63) is 29.1 Å². The number of benzene rings is 1. The average molecular weight is 337 g/mol. The molecule has 0 aromatic heterocycles. The third kappa shape index (κ3) is 3.28. The molecular weight excluding hydrogens is 317 g/mol. The maximum Gasteiger partial charge on any atom is 0.314 e. The summed E-state index contributed by atoms with van der Waals surface area (Å²) in [6, 6.07) is 2.65. The number of amides is 3. The summed E-state index contributed by atoms with van der Waals surface area (Å²) in [4.78, 5) is 25.6. The molecule has 2 aliphatic rings. The quantitative estimate of drug-likeness (QED) is 0.843. The Morgan fingerprint density at radius 1 is 1.38 bits per heavy atom. The molecule has 8 heteroatoms. The van der Waals surface area contributed by atoms with Gasteiger partial charge in [0.05, 0.1) is 19.3 Å². The van der Waals surface area contributed by atoms with Gasteiger partial charge in [-0.25, -0.2) is 9.18 Å². The van der Waals surface area contributed by atoms with Gasteiger partial charge < -0.3 is 25.0 Å². The Labute approximate surface area is 139 Å². The predicted octanol–water partition coefficient (Wildman–Crippen LogP) is 0.531. The van der Waals surface area contributed by atoms with Crippen molar-refractivity contribution in [2.45, 2.75) is 12.5 Å². The fourth-order valence-corrected chi connectivity index (χ4v) is 2.91. The van der Waals surface area contributed by atoms with E-state index in [1.807, 2.05) is 0 Å². The average Bonchev–Trinajstić information content (AvgIpc) is 3.07. The summed E-state index contributed by atoms with van der Waals surface area (Å²) in [5.41, 5.74) is 0.843. The van der Waals surface area contributed by atoms with E-state index in [1.54, 1.807) is 11.0 Å². The Hall–Kier alpha value is -2.35. The third-order valence-electron chi connectivity index (χ3n) is 4.16. The van der Waals surface area contributed by atoms with Crippen LogP contribution < -0.4 is 15.4 Å². The molecule has 24 heavy (non-hydrogen) atoms. The number of urea groups is 1. The van der Waals surface area contributed by atoms with Gasteiger partial charge in [-0.15, -0.1) is 0 Å². The molecule has 0 radical (unpaired) electrons. The normalized spacial score (nSPS) is 19.4. The van der Waals surface area contributed by atoms with E-state index in [9.17, 15) is 14.0 Å². The van der Waals surface area contributed by atoms with Crippen molar-refractivity contribution in [3.8, 4) is 5.75 Å². The van der Waals surface area contributed by atoms with E-state index < -0.39 is 11.7 Å². The van der Waals surface area contributed by atoms with Crippen LogP contribution in [0.15, 0.2) is 12.1 Å². The summed E-state index contributed by atoms with van der Waals surface area (Å²) in [5, 5.41) is 5.09. The molecular formula is C16H20FN3O4. The van der Waals surface area contributed by atoms with Crippen LogP contribution in [0.2, 0.25) is 0 Å². The lowest BCUT2D eigenvalue weighted by Gasteiger charge is -2.33. The second-order valence-electron chi connectivity index (χ2n) is 5.71. The molecule has 7 nitrogen and oxygen atoms in total. The van der Waals surface area contributed by atoms with E-state index in [0.717, 1.165) is 5.56 Å². The first-order valence-electron chi connectivity index (χ1n) is 7.90. The Bertz CT molecular complexity index is 652. The van der Waals surface area contributed by atoms with E-state index in [-0.39, 0.29) is 30.8 Å². The molecule has 1 unspecified atom stereocenters. The highest BCUT2D eigenvalue weighted by Crippen LogP contribution is 2.32. The third-order valence-corrected chi connectivity index (χ3v) is 4.16. The minimum atomic E-state index is -0.577. The Morgan fingerprint density at radius 3 is 3.00 bits per heavy atom. The predicted molar refractivity (Wildman–Crippen MR) is 83.7 cm³/mol. The summed E-state index contributed by atoms with van der Waals surface area (Å²) < 4.78 is 25.2. The maximum absolute atomic E-state index is 14.2. The van der Waals surface area contributed by atoms with Gasteiger partial charge in [-0.3, -0.25) is 4.79 Å². The van der Waals surface area contributed by atoms with Crippen LogP contribution in [0.5, 0.6) is 5.75 Å². The maximum atomic E-state index is 14.2. The number of carbonyl (C=O) groups is 2. The zero-order valence-corrected chi connectivity index (χ0v) is 13.4. The van der Waals surface area contributed by atoms with Gasteiger partial charge >= 0.3 is 6.03 Å². The van der Waals surface area contributed by atoms with E-state index in [0.29, 0.717) is 31.9 Å². The molecule has 2 aliphatic heterocycles. The second-order valence-corrected chi connectivity index (χ2v) is 5.71. The van der Waals surface area contributed by atoms with Crippen molar-refractivity contribution < 1.29 is 23.5 Å². The van der Waals surface area contributed by atoms with Gasteiger partial charge in [0.1, 0.15) is 17.1 Å². The lowest BCUT2D eigenvalue weighted by molar-refractivity contribution is -0.0194. The lowest BCUT2D eigenvalue weighted by atomic mass is 10.1. The van der Waals surface area contributed by atoms with Crippen molar-refractivity contribution in [1.82, 2.24) is 15.5 Å². The summed E-state index contributed by atoms with van der Waals surface area (Å²) in [7, 11) is 1.52. The lowest BCUT2D eigenvalue weighted by Crippen LogP contribution is -2.50. The van der Waals surface area contributed by atoms with Gasteiger partial charge in [0, 0.05) is 33.1 Å². The number of hydrogen-bond donors (Lipinski definition) is 2. The first kappa shape index (κ1) is 16.5.